The zero-order valence-electron chi connectivity index (χ0n) is 25.4. The third kappa shape index (κ3) is 4.68. The predicted molar refractivity (Wildman–Crippen MR) is 163 cm³/mol. The molecule has 0 saturated heterocycles. The van der Waals surface area contributed by atoms with Gasteiger partial charge < -0.3 is 50.7 Å². The molecule has 11 heteroatoms. The molecule has 5 atom stereocenters. The van der Waals surface area contributed by atoms with Gasteiger partial charge in [-0.3, -0.25) is 0 Å². The maximum atomic E-state index is 13.4. The van der Waals surface area contributed by atoms with Gasteiger partial charge in [-0.2, -0.15) is 0 Å². The van der Waals surface area contributed by atoms with E-state index in [0.29, 0.717) is 6.42 Å². The van der Waals surface area contributed by atoms with E-state index >= 15 is 0 Å². The van der Waals surface area contributed by atoms with Crippen LogP contribution in [0.3, 0.4) is 0 Å². The Morgan fingerprint density at radius 1 is 0.489 bits per heavy atom. The van der Waals surface area contributed by atoms with Crippen LogP contribution in [0.5, 0.6) is 51.7 Å². The summed E-state index contributed by atoms with van der Waals surface area (Å²) in [6.07, 6.45) is 1.64. The highest BCUT2D eigenvalue weighted by Gasteiger charge is 2.40. The number of phenolic OH excluding ortho intramolecular Hbond substituents is 9. The standard InChI is InChI=1S/C34H38O11/c1-5-13-17-9-18(26(36)31(41)25(17)35)14(6-2)20-11-22(30(40)33(43)28(20)38)16(8-4)24-12-23(34(44)45-24)15(7-3)21-10-19(13)27(37)32(42)29(21)39/h9-16,24,35-43H,5-8H2,1-4H3. The number of rotatable bonds is 4. The summed E-state index contributed by atoms with van der Waals surface area (Å²) in [5.74, 6) is -10.5. The molecule has 1 aliphatic heterocycles. The van der Waals surface area contributed by atoms with Crippen LogP contribution in [0.2, 0.25) is 0 Å². The van der Waals surface area contributed by atoms with Crippen molar-refractivity contribution in [1.29, 1.82) is 0 Å². The van der Waals surface area contributed by atoms with Crippen LogP contribution in [-0.4, -0.2) is 58.0 Å². The fourth-order valence-corrected chi connectivity index (χ4v) is 7.06. The van der Waals surface area contributed by atoms with Crippen LogP contribution in [0.15, 0.2) is 29.8 Å². The minimum atomic E-state index is -0.921. The maximum absolute atomic E-state index is 13.4. The molecule has 1 aliphatic carbocycles. The molecular weight excluding hydrogens is 584 g/mol. The first kappa shape index (κ1) is 31.5. The Balaban J connectivity index is 1.95. The van der Waals surface area contributed by atoms with E-state index in [4.69, 9.17) is 4.74 Å². The third-order valence-electron chi connectivity index (χ3n) is 9.46. The molecule has 0 spiro atoms. The van der Waals surface area contributed by atoms with Crippen molar-refractivity contribution in [2.45, 2.75) is 83.2 Å². The van der Waals surface area contributed by atoms with Crippen molar-refractivity contribution in [3.8, 4) is 51.7 Å². The molecule has 0 radical (unpaired) electrons. The Morgan fingerprint density at radius 3 is 1.18 bits per heavy atom. The van der Waals surface area contributed by atoms with Crippen molar-refractivity contribution in [2.75, 3.05) is 0 Å². The number of phenols is 9. The summed E-state index contributed by atoms with van der Waals surface area (Å²) >= 11 is 0. The molecule has 11 nitrogen and oxygen atoms in total. The second-order valence-corrected chi connectivity index (χ2v) is 11.7. The maximum Gasteiger partial charge on any atom is 0.335 e. The summed E-state index contributed by atoms with van der Waals surface area (Å²) in [5, 5.41) is 99.1. The molecule has 3 aromatic rings. The minimum absolute atomic E-state index is 0.0569. The molecule has 0 amide bonds. The van der Waals surface area contributed by atoms with E-state index in [1.54, 1.807) is 33.8 Å². The highest BCUT2D eigenvalue weighted by Crippen LogP contribution is 2.56. The van der Waals surface area contributed by atoms with Crippen LogP contribution in [-0.2, 0) is 9.53 Å². The topological polar surface area (TPSA) is 208 Å². The fourth-order valence-electron chi connectivity index (χ4n) is 7.06. The molecular formula is C34H38O11. The second-order valence-electron chi connectivity index (χ2n) is 11.7. The average Bonchev–Trinajstić information content (AvgIpc) is 3.40. The van der Waals surface area contributed by atoms with Gasteiger partial charge in [0.15, 0.2) is 34.5 Å². The first-order valence-electron chi connectivity index (χ1n) is 15.1. The Kier molecular flexibility index (Phi) is 8.07. The largest absolute Gasteiger partial charge is 0.504 e. The van der Waals surface area contributed by atoms with E-state index in [0.717, 1.165) is 0 Å². The average molecular weight is 623 g/mol. The number of fused-ring (bicyclic) bond motifs is 7. The summed E-state index contributed by atoms with van der Waals surface area (Å²) in [7, 11) is 0. The lowest BCUT2D eigenvalue weighted by molar-refractivity contribution is -0.140. The molecule has 0 saturated carbocycles. The summed E-state index contributed by atoms with van der Waals surface area (Å²) in [6.45, 7) is 7.01. The molecule has 5 rings (SSSR count). The number of carbonyl (C=O) groups excluding carboxylic acids is 1. The van der Waals surface area contributed by atoms with Gasteiger partial charge in [-0.1, -0.05) is 27.7 Å². The molecule has 8 bridgehead atoms. The smallest absolute Gasteiger partial charge is 0.335 e. The predicted octanol–water partition coefficient (Wildman–Crippen LogP) is 5.97. The lowest BCUT2D eigenvalue weighted by Gasteiger charge is -2.27. The first-order chi connectivity index (χ1) is 21.3. The highest BCUT2D eigenvalue weighted by molar-refractivity contribution is 5.93. The van der Waals surface area contributed by atoms with Crippen molar-refractivity contribution in [2.24, 2.45) is 0 Å². The summed E-state index contributed by atoms with van der Waals surface area (Å²) < 4.78 is 5.77. The molecule has 1 heterocycles. The molecule has 0 aromatic heterocycles. The lowest BCUT2D eigenvalue weighted by atomic mass is 9.78. The molecule has 3 aromatic carbocycles. The van der Waals surface area contributed by atoms with E-state index in [2.05, 4.69) is 0 Å². The SMILES string of the molecule is CCC1C2=CC(OC2=O)C(CC)c2cc(c(O)c(O)c2O)C(CC)c2cc(c(O)c(O)c2O)C(CC)c2cc1c(O)c(O)c2O. The van der Waals surface area contributed by atoms with Crippen LogP contribution < -0.4 is 0 Å². The molecule has 240 valence electrons. The van der Waals surface area contributed by atoms with E-state index in [-0.39, 0.29) is 58.2 Å². The number of aromatic hydroxyl groups is 9. The number of carbonyl (C=O) groups is 1. The molecule has 2 aliphatic rings. The summed E-state index contributed by atoms with van der Waals surface area (Å²) in [6, 6.07) is 4.32. The number of hydrogen-bond acceptors (Lipinski definition) is 11. The third-order valence-corrected chi connectivity index (χ3v) is 9.46. The van der Waals surface area contributed by atoms with Crippen LogP contribution >= 0.6 is 0 Å². The van der Waals surface area contributed by atoms with Crippen molar-refractivity contribution >= 4 is 5.97 Å². The fraction of sp³-hybridized carbons (Fsp3) is 0.382. The zero-order chi connectivity index (χ0) is 33.1. The molecule has 0 fully saturated rings. The van der Waals surface area contributed by atoms with Gasteiger partial charge in [0.25, 0.3) is 0 Å². The van der Waals surface area contributed by atoms with Crippen molar-refractivity contribution < 1.29 is 55.5 Å². The number of hydrogen-bond donors (Lipinski definition) is 9. The Morgan fingerprint density at radius 2 is 0.822 bits per heavy atom. The highest BCUT2D eigenvalue weighted by atomic mass is 16.5. The van der Waals surface area contributed by atoms with E-state index in [1.165, 1.54) is 18.2 Å². The Hall–Kier alpha value is -4.93. The van der Waals surface area contributed by atoms with Gasteiger partial charge >= 0.3 is 5.97 Å². The molecule has 9 N–H and O–H groups in total. The van der Waals surface area contributed by atoms with Gasteiger partial charge in [0.05, 0.1) is 0 Å². The van der Waals surface area contributed by atoms with Crippen LogP contribution in [0.4, 0.5) is 0 Å². The summed E-state index contributed by atoms with van der Waals surface area (Å²) in [4.78, 5) is 13.4. The number of esters is 1. The van der Waals surface area contributed by atoms with E-state index < -0.39 is 87.5 Å². The monoisotopic (exact) mass is 622 g/mol. The van der Waals surface area contributed by atoms with Crippen LogP contribution in [0, 0.1) is 0 Å². The van der Waals surface area contributed by atoms with Crippen LogP contribution in [0.1, 0.15) is 110 Å². The van der Waals surface area contributed by atoms with Crippen LogP contribution in [0.25, 0.3) is 0 Å². The molecule has 5 unspecified atom stereocenters. The van der Waals surface area contributed by atoms with Crippen molar-refractivity contribution in [1.82, 2.24) is 0 Å². The second kappa shape index (κ2) is 11.5. The van der Waals surface area contributed by atoms with E-state index in [1.807, 2.05) is 0 Å². The lowest BCUT2D eigenvalue weighted by Crippen LogP contribution is -2.19. The van der Waals surface area contributed by atoms with Gasteiger partial charge in [0, 0.05) is 62.6 Å². The van der Waals surface area contributed by atoms with Gasteiger partial charge in [-0.15, -0.1) is 0 Å². The normalized spacial score (nSPS) is 22.6. The van der Waals surface area contributed by atoms with Gasteiger partial charge in [0.1, 0.15) is 6.10 Å². The van der Waals surface area contributed by atoms with E-state index in [9.17, 15) is 50.8 Å². The zero-order valence-corrected chi connectivity index (χ0v) is 25.4. The number of ether oxygens (including phenoxy) is 1. The molecule has 45 heavy (non-hydrogen) atoms. The Bertz CT molecular complexity index is 1720. The quantitative estimate of drug-likeness (QED) is 0.122. The number of benzene rings is 3. The Labute approximate surface area is 259 Å². The van der Waals surface area contributed by atoms with Gasteiger partial charge in [0.2, 0.25) is 17.2 Å². The summed E-state index contributed by atoms with van der Waals surface area (Å²) in [5.41, 5.74) is 0.757. The van der Waals surface area contributed by atoms with Crippen molar-refractivity contribution in [3.05, 3.63) is 63.2 Å². The van der Waals surface area contributed by atoms with Gasteiger partial charge in [-0.05, 0) is 50.0 Å². The van der Waals surface area contributed by atoms with Crippen molar-refractivity contribution in [3.63, 3.8) is 0 Å². The minimum Gasteiger partial charge on any atom is -0.504 e. The van der Waals surface area contributed by atoms with Gasteiger partial charge in [-0.25, -0.2) is 4.79 Å². The first-order valence-corrected chi connectivity index (χ1v) is 15.1.